The van der Waals surface area contributed by atoms with Crippen LogP contribution >= 0.6 is 11.6 Å². The van der Waals surface area contributed by atoms with Gasteiger partial charge in [-0.15, -0.1) is 0 Å². The molecule has 1 heterocycles. The van der Waals surface area contributed by atoms with Gasteiger partial charge >= 0.3 is 12.0 Å². The highest BCUT2D eigenvalue weighted by molar-refractivity contribution is 6.33. The molecule has 2 rings (SSSR count). The van der Waals surface area contributed by atoms with E-state index in [4.69, 9.17) is 16.7 Å². The zero-order valence-corrected chi connectivity index (χ0v) is 9.95. The molecule has 2 amide bonds. The number of halogens is 2. The smallest absolute Gasteiger partial charge is 0.321 e. The summed E-state index contributed by atoms with van der Waals surface area (Å²) in [7, 11) is 0. The van der Waals surface area contributed by atoms with E-state index in [0.717, 1.165) is 6.07 Å². The van der Waals surface area contributed by atoms with E-state index < -0.39 is 23.7 Å². The van der Waals surface area contributed by atoms with Gasteiger partial charge in [0.1, 0.15) is 5.82 Å². The number of aliphatic carboxylic acids is 1. The molecule has 0 atom stereocenters. The maximum Gasteiger partial charge on any atom is 0.321 e. The summed E-state index contributed by atoms with van der Waals surface area (Å²) in [6.07, 6.45) is 0. The molecule has 1 aromatic carbocycles. The Morgan fingerprint density at radius 2 is 2.11 bits per heavy atom. The third-order valence-corrected chi connectivity index (χ3v) is 3.00. The predicted molar refractivity (Wildman–Crippen MR) is 63.1 cm³/mol. The number of amides is 2. The molecule has 0 spiro atoms. The van der Waals surface area contributed by atoms with Crippen LogP contribution in [0.4, 0.5) is 14.9 Å². The summed E-state index contributed by atoms with van der Waals surface area (Å²) >= 11 is 5.75. The third-order valence-electron chi connectivity index (χ3n) is 2.69. The number of hydrogen-bond donors (Lipinski definition) is 2. The van der Waals surface area contributed by atoms with E-state index in [9.17, 15) is 14.0 Å². The van der Waals surface area contributed by atoms with Crippen LogP contribution < -0.4 is 5.32 Å². The Morgan fingerprint density at radius 1 is 1.44 bits per heavy atom. The third kappa shape index (κ3) is 2.53. The van der Waals surface area contributed by atoms with Crippen LogP contribution in [0.25, 0.3) is 0 Å². The van der Waals surface area contributed by atoms with Crippen molar-refractivity contribution < 1.29 is 19.1 Å². The van der Waals surface area contributed by atoms with Crippen molar-refractivity contribution in [2.75, 3.05) is 18.4 Å². The minimum atomic E-state index is -0.918. The molecule has 0 bridgehead atoms. The lowest BCUT2D eigenvalue weighted by Gasteiger charge is -2.36. The molecule has 0 saturated carbocycles. The lowest BCUT2D eigenvalue weighted by molar-refractivity contribution is -0.145. The number of nitrogens with one attached hydrogen (secondary N) is 1. The van der Waals surface area contributed by atoms with Gasteiger partial charge in [0.05, 0.1) is 16.6 Å². The van der Waals surface area contributed by atoms with Crippen molar-refractivity contribution in [3.05, 3.63) is 29.0 Å². The van der Waals surface area contributed by atoms with Crippen molar-refractivity contribution in [1.29, 1.82) is 0 Å². The van der Waals surface area contributed by atoms with Crippen molar-refractivity contribution in [3.63, 3.8) is 0 Å². The normalized spacial score (nSPS) is 15.1. The summed E-state index contributed by atoms with van der Waals surface area (Å²) in [5.74, 6) is -1.92. The summed E-state index contributed by atoms with van der Waals surface area (Å²) in [6, 6.07) is 3.18. The molecule has 1 saturated heterocycles. The molecule has 7 heteroatoms. The van der Waals surface area contributed by atoms with Gasteiger partial charge in [0.2, 0.25) is 0 Å². The Kier molecular flexibility index (Phi) is 3.38. The number of carboxylic acids is 1. The number of anilines is 1. The second-order valence-corrected chi connectivity index (χ2v) is 4.40. The fraction of sp³-hybridized carbons (Fsp3) is 0.273. The summed E-state index contributed by atoms with van der Waals surface area (Å²) in [6.45, 7) is 0.333. The molecular weight excluding hydrogens is 263 g/mol. The average molecular weight is 273 g/mol. The van der Waals surface area contributed by atoms with Crippen molar-refractivity contribution >= 4 is 29.3 Å². The van der Waals surface area contributed by atoms with E-state index in [1.54, 1.807) is 0 Å². The van der Waals surface area contributed by atoms with Gasteiger partial charge in [0.25, 0.3) is 0 Å². The minimum absolute atomic E-state index is 0.0960. The molecule has 1 fully saturated rings. The van der Waals surface area contributed by atoms with Gasteiger partial charge in [-0.25, -0.2) is 9.18 Å². The first-order valence-corrected chi connectivity index (χ1v) is 5.59. The Labute approximate surface area is 107 Å². The summed E-state index contributed by atoms with van der Waals surface area (Å²) in [5.41, 5.74) is 0.293. The topological polar surface area (TPSA) is 69.6 Å². The number of likely N-dealkylation sites (tertiary alicyclic amines) is 1. The fourth-order valence-corrected chi connectivity index (χ4v) is 1.80. The summed E-state index contributed by atoms with van der Waals surface area (Å²) in [5, 5.41) is 11.3. The van der Waals surface area contributed by atoms with Gasteiger partial charge in [-0.2, -0.15) is 0 Å². The molecule has 1 aliphatic rings. The van der Waals surface area contributed by atoms with Crippen LogP contribution in [-0.4, -0.2) is 35.1 Å². The second-order valence-electron chi connectivity index (χ2n) is 3.99. The van der Waals surface area contributed by atoms with Crippen molar-refractivity contribution in [2.45, 2.75) is 0 Å². The van der Waals surface area contributed by atoms with Gasteiger partial charge in [-0.05, 0) is 18.2 Å². The Hall–Kier alpha value is -1.82. The van der Waals surface area contributed by atoms with E-state index in [2.05, 4.69) is 5.32 Å². The van der Waals surface area contributed by atoms with Crippen molar-refractivity contribution in [2.24, 2.45) is 5.92 Å². The average Bonchev–Trinajstić information content (AvgIpc) is 2.19. The highest BCUT2D eigenvalue weighted by atomic mass is 35.5. The van der Waals surface area contributed by atoms with Crippen molar-refractivity contribution in [1.82, 2.24) is 4.90 Å². The Morgan fingerprint density at radius 3 is 2.67 bits per heavy atom. The molecule has 0 aromatic heterocycles. The summed E-state index contributed by atoms with van der Waals surface area (Å²) in [4.78, 5) is 23.6. The number of benzene rings is 1. The quantitative estimate of drug-likeness (QED) is 0.865. The number of urea groups is 1. The molecule has 18 heavy (non-hydrogen) atoms. The van der Waals surface area contributed by atoms with Gasteiger partial charge in [-0.3, -0.25) is 4.79 Å². The van der Waals surface area contributed by atoms with Crippen molar-refractivity contribution in [3.8, 4) is 0 Å². The number of hydrogen-bond acceptors (Lipinski definition) is 2. The molecule has 96 valence electrons. The first-order chi connectivity index (χ1) is 8.47. The standard InChI is InChI=1S/C11H10ClFN2O3/c12-8-3-7(13)1-2-9(8)14-11(18)15-4-6(5-15)10(16)17/h1-3,6H,4-5H2,(H,14,18)(H,16,17). The highest BCUT2D eigenvalue weighted by Crippen LogP contribution is 2.24. The van der Waals surface area contributed by atoms with Crippen LogP contribution in [-0.2, 0) is 4.79 Å². The van der Waals surface area contributed by atoms with E-state index in [1.165, 1.54) is 17.0 Å². The van der Waals surface area contributed by atoms with E-state index in [0.29, 0.717) is 5.69 Å². The predicted octanol–water partition coefficient (Wildman–Crippen LogP) is 2.03. The van der Waals surface area contributed by atoms with Gasteiger partial charge in [0, 0.05) is 13.1 Å². The maximum atomic E-state index is 12.8. The number of rotatable bonds is 2. The molecule has 0 aliphatic carbocycles. The Bertz CT molecular complexity index is 503. The van der Waals surface area contributed by atoms with Crippen LogP contribution in [0, 0.1) is 11.7 Å². The van der Waals surface area contributed by atoms with Crippen LogP contribution in [0.1, 0.15) is 0 Å². The molecule has 2 N–H and O–H groups in total. The van der Waals surface area contributed by atoms with Crippen LogP contribution in [0.2, 0.25) is 5.02 Å². The SMILES string of the molecule is O=C(O)C1CN(C(=O)Nc2ccc(F)cc2Cl)C1. The molecule has 0 radical (unpaired) electrons. The molecule has 0 unspecified atom stereocenters. The number of carbonyl (C=O) groups excluding carboxylic acids is 1. The number of carbonyl (C=O) groups is 2. The molecule has 1 aromatic rings. The van der Waals surface area contributed by atoms with Gasteiger partial charge < -0.3 is 15.3 Å². The minimum Gasteiger partial charge on any atom is -0.481 e. The highest BCUT2D eigenvalue weighted by Gasteiger charge is 2.35. The first kappa shape index (κ1) is 12.6. The number of nitrogens with zero attached hydrogens (tertiary/aromatic N) is 1. The lowest BCUT2D eigenvalue weighted by Crippen LogP contribution is -2.54. The molecule has 5 nitrogen and oxygen atoms in total. The van der Waals surface area contributed by atoms with E-state index in [1.807, 2.05) is 0 Å². The zero-order chi connectivity index (χ0) is 13.3. The maximum absolute atomic E-state index is 12.8. The molecule has 1 aliphatic heterocycles. The monoisotopic (exact) mass is 272 g/mol. The summed E-state index contributed by atoms with van der Waals surface area (Å²) < 4.78 is 12.8. The van der Waals surface area contributed by atoms with Gasteiger partial charge in [0.15, 0.2) is 0 Å². The van der Waals surface area contributed by atoms with Crippen LogP contribution in [0.5, 0.6) is 0 Å². The molecular formula is C11H10ClFN2O3. The second kappa shape index (κ2) is 4.81. The largest absolute Gasteiger partial charge is 0.481 e. The zero-order valence-electron chi connectivity index (χ0n) is 9.19. The lowest BCUT2D eigenvalue weighted by atomic mass is 10.0. The van der Waals surface area contributed by atoms with Gasteiger partial charge in [-0.1, -0.05) is 11.6 Å². The fourth-order valence-electron chi connectivity index (χ4n) is 1.59. The van der Waals surface area contributed by atoms with E-state index >= 15 is 0 Å². The first-order valence-electron chi connectivity index (χ1n) is 5.21. The van der Waals surface area contributed by atoms with Crippen LogP contribution in [0.3, 0.4) is 0 Å². The van der Waals surface area contributed by atoms with Crippen LogP contribution in [0.15, 0.2) is 18.2 Å². The van der Waals surface area contributed by atoms with E-state index in [-0.39, 0.29) is 18.1 Å². The Balaban J connectivity index is 1.94. The number of carboxylic acid groups (broad SMARTS) is 1.